The minimum Gasteiger partial charge on any atom is -0.277 e. The summed E-state index contributed by atoms with van der Waals surface area (Å²) in [6.45, 7) is 10.3. The van der Waals surface area contributed by atoms with Gasteiger partial charge in [-0.15, -0.1) is 0 Å². The summed E-state index contributed by atoms with van der Waals surface area (Å²) in [6.07, 6.45) is 3.70. The molecule has 0 saturated carbocycles. The molecule has 0 aliphatic heterocycles. The zero-order chi connectivity index (χ0) is 10.5. The third-order valence-corrected chi connectivity index (χ3v) is 6.31. The molecule has 0 aromatic heterocycles. The van der Waals surface area contributed by atoms with E-state index >= 15 is 0 Å². The van der Waals surface area contributed by atoms with Gasteiger partial charge in [0.15, 0.2) is 0 Å². The third-order valence-electron chi connectivity index (χ3n) is 2.61. The molecule has 80 valence electrons. The average molecular weight is 409 g/mol. The van der Waals surface area contributed by atoms with Crippen LogP contribution in [0.3, 0.4) is 0 Å². The van der Waals surface area contributed by atoms with Crippen LogP contribution in [0.25, 0.3) is 0 Å². The Morgan fingerprint density at radius 1 is 1.15 bits per heavy atom. The quantitative estimate of drug-likeness (QED) is 0.357. The first kappa shape index (κ1) is 14.4. The molecule has 0 aliphatic rings. The Bertz CT molecular complexity index is 135. The van der Waals surface area contributed by atoms with E-state index in [0.717, 1.165) is 6.54 Å². The Labute approximate surface area is 110 Å². The molecule has 1 nitrogen and oxygen atoms in total. The predicted octanol–water partition coefficient (Wildman–Crippen LogP) is 4.43. The molecule has 0 bridgehead atoms. The van der Waals surface area contributed by atoms with Crippen molar-refractivity contribution in [1.29, 1.82) is 0 Å². The highest BCUT2D eigenvalue weighted by molar-refractivity contribution is 14.1. The van der Waals surface area contributed by atoms with Crippen LogP contribution in [0.1, 0.15) is 47.0 Å². The molecule has 0 aromatic rings. The second kappa shape index (κ2) is 6.82. The first-order valence-electron chi connectivity index (χ1n) is 5.15. The Balaban J connectivity index is 4.51. The predicted molar refractivity (Wildman–Crippen MR) is 77.8 cm³/mol. The summed E-state index contributed by atoms with van der Waals surface area (Å²) in [5, 5.41) is 0. The minimum atomic E-state index is 0.369. The van der Waals surface area contributed by atoms with Gasteiger partial charge in [0.2, 0.25) is 0 Å². The molecule has 0 saturated heterocycles. The van der Waals surface area contributed by atoms with Crippen LogP contribution in [0.5, 0.6) is 0 Å². The van der Waals surface area contributed by atoms with Crippen LogP contribution in [0.4, 0.5) is 0 Å². The van der Waals surface area contributed by atoms with Crippen molar-refractivity contribution in [2.24, 2.45) is 0 Å². The molecule has 3 heteroatoms. The van der Waals surface area contributed by atoms with Gasteiger partial charge in [0.05, 0.1) is 7.59 Å². The van der Waals surface area contributed by atoms with Crippen LogP contribution in [-0.4, -0.2) is 19.0 Å². The largest absolute Gasteiger partial charge is 0.277 e. The molecule has 0 aliphatic carbocycles. The molecule has 1 unspecified atom stereocenters. The number of nitrogens with zero attached hydrogens (tertiary/aromatic N) is 1. The number of hydrogen-bond acceptors (Lipinski definition) is 1. The summed E-state index contributed by atoms with van der Waals surface area (Å²) in [5.41, 5.74) is 0. The lowest BCUT2D eigenvalue weighted by atomic mass is 10.1. The average Bonchev–Trinajstić information content (AvgIpc) is 2.18. The summed E-state index contributed by atoms with van der Waals surface area (Å²) < 4.78 is 1.05. The zero-order valence-corrected chi connectivity index (χ0v) is 13.4. The van der Waals surface area contributed by atoms with Crippen molar-refractivity contribution in [3.8, 4) is 0 Å². The van der Waals surface area contributed by atoms with Crippen molar-refractivity contribution < 1.29 is 0 Å². The highest BCUT2D eigenvalue weighted by atomic mass is 127. The second-order valence-corrected chi connectivity index (χ2v) is 6.70. The van der Waals surface area contributed by atoms with E-state index in [4.69, 9.17) is 0 Å². The molecule has 0 fully saturated rings. The maximum atomic E-state index is 2.62. The van der Waals surface area contributed by atoms with E-state index in [-0.39, 0.29) is 0 Å². The van der Waals surface area contributed by atoms with E-state index in [0.29, 0.717) is 7.59 Å². The number of halogens is 2. The van der Waals surface area contributed by atoms with Gasteiger partial charge >= 0.3 is 0 Å². The maximum Gasteiger partial charge on any atom is 0.0733 e. The van der Waals surface area contributed by atoms with Gasteiger partial charge in [0.25, 0.3) is 0 Å². The second-order valence-electron chi connectivity index (χ2n) is 3.25. The van der Waals surface area contributed by atoms with Crippen molar-refractivity contribution >= 4 is 45.2 Å². The summed E-state index contributed by atoms with van der Waals surface area (Å²) in [4.78, 5) is 2.62. The maximum absolute atomic E-state index is 2.62. The fraction of sp³-hybridized carbons (Fsp3) is 1.00. The summed E-state index contributed by atoms with van der Waals surface area (Å²) in [5.74, 6) is 0. The van der Waals surface area contributed by atoms with E-state index in [2.05, 4.69) is 77.8 Å². The Morgan fingerprint density at radius 3 is 1.85 bits per heavy atom. The Morgan fingerprint density at radius 2 is 1.62 bits per heavy atom. The Kier molecular flexibility index (Phi) is 7.57. The molecule has 0 amide bonds. The zero-order valence-electron chi connectivity index (χ0n) is 9.11. The number of alkyl halides is 2. The highest BCUT2D eigenvalue weighted by Crippen LogP contribution is 2.35. The summed E-state index contributed by atoms with van der Waals surface area (Å²) in [7, 11) is 0. The van der Waals surface area contributed by atoms with Crippen molar-refractivity contribution in [3.63, 3.8) is 0 Å². The SMILES string of the molecule is CCC(I)N(CC)C(I)(CC)CC. The van der Waals surface area contributed by atoms with Gasteiger partial charge in [-0.25, -0.2) is 0 Å². The molecular weight excluding hydrogens is 388 g/mol. The van der Waals surface area contributed by atoms with Crippen molar-refractivity contribution in [1.82, 2.24) is 4.90 Å². The van der Waals surface area contributed by atoms with E-state index in [1.165, 1.54) is 19.3 Å². The first-order chi connectivity index (χ1) is 6.05. The molecule has 0 radical (unpaired) electrons. The molecule has 0 N–H and O–H groups in total. The molecule has 0 spiro atoms. The third kappa shape index (κ3) is 3.81. The molecule has 0 aromatic carbocycles. The Hall–Kier alpha value is 1.42. The van der Waals surface area contributed by atoms with Gasteiger partial charge in [0, 0.05) is 0 Å². The van der Waals surface area contributed by atoms with Crippen molar-refractivity contribution in [3.05, 3.63) is 0 Å². The monoisotopic (exact) mass is 409 g/mol. The fourth-order valence-corrected chi connectivity index (χ4v) is 3.75. The van der Waals surface area contributed by atoms with Crippen LogP contribution in [0.15, 0.2) is 0 Å². The number of hydrogen-bond donors (Lipinski definition) is 0. The molecule has 1 atom stereocenters. The standard InChI is InChI=1S/C10H21I2N/c1-5-9(11)13(8-4)10(12,6-2)7-3/h9H,5-8H2,1-4H3. The van der Waals surface area contributed by atoms with Crippen LogP contribution in [0.2, 0.25) is 0 Å². The normalized spacial score (nSPS) is 15.0. The van der Waals surface area contributed by atoms with Gasteiger partial charge in [-0.05, 0) is 25.8 Å². The van der Waals surface area contributed by atoms with Crippen LogP contribution in [0, 0.1) is 0 Å². The lowest BCUT2D eigenvalue weighted by Crippen LogP contribution is -2.46. The molecule has 0 heterocycles. The topological polar surface area (TPSA) is 3.24 Å². The van der Waals surface area contributed by atoms with E-state index in [9.17, 15) is 0 Å². The van der Waals surface area contributed by atoms with Crippen LogP contribution >= 0.6 is 45.2 Å². The number of rotatable bonds is 6. The molecular formula is C10H21I2N. The molecule has 13 heavy (non-hydrogen) atoms. The van der Waals surface area contributed by atoms with Crippen molar-refractivity contribution in [2.45, 2.75) is 54.6 Å². The molecule has 0 rings (SSSR count). The van der Waals surface area contributed by atoms with Gasteiger partial charge in [0.1, 0.15) is 0 Å². The van der Waals surface area contributed by atoms with Crippen molar-refractivity contribution in [2.75, 3.05) is 6.54 Å². The first-order valence-corrected chi connectivity index (χ1v) is 7.47. The summed E-state index contributed by atoms with van der Waals surface area (Å²) in [6, 6.07) is 0. The van der Waals surface area contributed by atoms with E-state index in [1.807, 2.05) is 0 Å². The van der Waals surface area contributed by atoms with Crippen LogP contribution in [-0.2, 0) is 0 Å². The minimum absolute atomic E-state index is 0.369. The van der Waals surface area contributed by atoms with Gasteiger partial charge in [-0.2, -0.15) is 0 Å². The summed E-state index contributed by atoms with van der Waals surface area (Å²) >= 11 is 5.19. The van der Waals surface area contributed by atoms with E-state index in [1.54, 1.807) is 0 Å². The lowest BCUT2D eigenvalue weighted by Gasteiger charge is -2.41. The fourth-order valence-electron chi connectivity index (χ4n) is 1.61. The smallest absolute Gasteiger partial charge is 0.0733 e. The van der Waals surface area contributed by atoms with Crippen LogP contribution < -0.4 is 0 Å². The van der Waals surface area contributed by atoms with Gasteiger partial charge in [-0.3, -0.25) is 4.90 Å². The van der Waals surface area contributed by atoms with Gasteiger partial charge < -0.3 is 0 Å². The highest BCUT2D eigenvalue weighted by Gasteiger charge is 2.32. The van der Waals surface area contributed by atoms with E-state index < -0.39 is 0 Å². The van der Waals surface area contributed by atoms with Gasteiger partial charge in [-0.1, -0.05) is 72.9 Å². The lowest BCUT2D eigenvalue weighted by molar-refractivity contribution is 0.171.